The van der Waals surface area contributed by atoms with Gasteiger partial charge in [-0.15, -0.1) is 0 Å². The van der Waals surface area contributed by atoms with Gasteiger partial charge >= 0.3 is 6.09 Å². The smallest absolute Gasteiger partial charge is 0.415 e. The molecule has 1 saturated carbocycles. The number of rotatable bonds is 7. The molecular weight excluding hydrogens is 470 g/mol. The third-order valence-electron chi connectivity index (χ3n) is 6.68. The van der Waals surface area contributed by atoms with Crippen molar-refractivity contribution >= 4 is 35.4 Å². The molecule has 2 fully saturated rings. The SMILES string of the molecule is CC(C)[C@H]1COC(=O)N1c1ccnc(N[C@@H](C)c2ccc(C(=O)N[C@H]3CC[C@H](O)CC3)c(Cl)c2)n1. The molecule has 3 N–H and O–H groups in total. The van der Waals surface area contributed by atoms with Crippen LogP contribution in [0.25, 0.3) is 0 Å². The zero-order chi connectivity index (χ0) is 25.1. The van der Waals surface area contributed by atoms with E-state index in [2.05, 4.69) is 20.6 Å². The van der Waals surface area contributed by atoms with Crippen LogP contribution >= 0.6 is 11.6 Å². The van der Waals surface area contributed by atoms with Crippen LogP contribution in [0.15, 0.2) is 30.5 Å². The van der Waals surface area contributed by atoms with E-state index in [-0.39, 0.29) is 36.1 Å². The number of benzene rings is 1. The van der Waals surface area contributed by atoms with E-state index in [4.69, 9.17) is 16.3 Å². The second-order valence-electron chi connectivity index (χ2n) is 9.58. The molecule has 0 radical (unpaired) electrons. The predicted molar refractivity (Wildman–Crippen MR) is 134 cm³/mol. The maximum absolute atomic E-state index is 12.7. The number of aromatic nitrogens is 2. The summed E-state index contributed by atoms with van der Waals surface area (Å²) in [6, 6.07) is 6.78. The van der Waals surface area contributed by atoms with Gasteiger partial charge in [-0.25, -0.2) is 9.78 Å². The van der Waals surface area contributed by atoms with E-state index in [1.165, 1.54) is 0 Å². The van der Waals surface area contributed by atoms with Crippen molar-refractivity contribution < 1.29 is 19.4 Å². The summed E-state index contributed by atoms with van der Waals surface area (Å²) in [4.78, 5) is 35.4. The molecule has 2 atom stereocenters. The lowest BCUT2D eigenvalue weighted by atomic mass is 9.93. The topological polar surface area (TPSA) is 117 Å². The highest BCUT2D eigenvalue weighted by molar-refractivity contribution is 6.33. The van der Waals surface area contributed by atoms with Crippen molar-refractivity contribution in [2.24, 2.45) is 5.92 Å². The molecule has 2 aliphatic rings. The highest BCUT2D eigenvalue weighted by atomic mass is 35.5. The molecule has 35 heavy (non-hydrogen) atoms. The van der Waals surface area contributed by atoms with Crippen LogP contribution in [0, 0.1) is 5.92 Å². The van der Waals surface area contributed by atoms with E-state index in [1.54, 1.807) is 29.3 Å². The molecule has 0 spiro atoms. The average Bonchev–Trinajstić information content (AvgIpc) is 3.22. The Kier molecular flexibility index (Phi) is 7.76. The number of amides is 2. The quantitative estimate of drug-likeness (QED) is 0.517. The van der Waals surface area contributed by atoms with Crippen LogP contribution in [0.3, 0.4) is 0 Å². The van der Waals surface area contributed by atoms with Crippen LogP contribution in [0.4, 0.5) is 16.6 Å². The van der Waals surface area contributed by atoms with Crippen molar-refractivity contribution in [2.45, 2.75) is 70.7 Å². The number of ether oxygens (including phenoxy) is 1. The molecule has 4 rings (SSSR count). The van der Waals surface area contributed by atoms with E-state index in [0.29, 0.717) is 41.8 Å². The molecular formula is C25H32ClN5O4. The zero-order valence-electron chi connectivity index (χ0n) is 20.2. The first-order chi connectivity index (χ1) is 16.7. The predicted octanol–water partition coefficient (Wildman–Crippen LogP) is 4.32. The Morgan fingerprint density at radius 3 is 2.63 bits per heavy atom. The van der Waals surface area contributed by atoms with Gasteiger partial charge < -0.3 is 20.5 Å². The number of carbonyl (C=O) groups is 2. The Labute approximate surface area is 210 Å². The van der Waals surface area contributed by atoms with Gasteiger partial charge in [0, 0.05) is 12.2 Å². The highest BCUT2D eigenvalue weighted by Gasteiger charge is 2.37. The zero-order valence-corrected chi connectivity index (χ0v) is 21.0. The number of aliphatic hydroxyl groups excluding tert-OH is 1. The molecule has 1 aromatic heterocycles. The number of aliphatic hydroxyl groups is 1. The van der Waals surface area contributed by atoms with Crippen LogP contribution in [0.5, 0.6) is 0 Å². The minimum absolute atomic E-state index is 0.0508. The van der Waals surface area contributed by atoms with E-state index in [9.17, 15) is 14.7 Å². The number of nitrogens with one attached hydrogen (secondary N) is 2. The van der Waals surface area contributed by atoms with Gasteiger partial charge in [-0.2, -0.15) is 4.98 Å². The van der Waals surface area contributed by atoms with E-state index < -0.39 is 6.09 Å². The summed E-state index contributed by atoms with van der Waals surface area (Å²) in [6.07, 6.45) is 3.83. The van der Waals surface area contributed by atoms with Gasteiger partial charge in [-0.05, 0) is 62.3 Å². The highest BCUT2D eigenvalue weighted by Crippen LogP contribution is 2.28. The molecule has 1 aromatic carbocycles. The summed E-state index contributed by atoms with van der Waals surface area (Å²) in [5.41, 5.74) is 1.28. The summed E-state index contributed by atoms with van der Waals surface area (Å²) in [5, 5.41) is 16.3. The lowest BCUT2D eigenvalue weighted by molar-refractivity contribution is 0.0867. The third kappa shape index (κ3) is 5.85. The van der Waals surface area contributed by atoms with E-state index >= 15 is 0 Å². The number of halogens is 1. The summed E-state index contributed by atoms with van der Waals surface area (Å²) >= 11 is 6.47. The Balaban J connectivity index is 1.42. The second kappa shape index (κ2) is 10.8. The van der Waals surface area contributed by atoms with Gasteiger partial charge in [0.1, 0.15) is 12.4 Å². The van der Waals surface area contributed by atoms with Crippen molar-refractivity contribution in [1.29, 1.82) is 0 Å². The van der Waals surface area contributed by atoms with Crippen molar-refractivity contribution in [2.75, 3.05) is 16.8 Å². The molecule has 2 aromatic rings. The van der Waals surface area contributed by atoms with Gasteiger partial charge in [-0.1, -0.05) is 31.5 Å². The first kappa shape index (κ1) is 25.2. The normalized spacial score (nSPS) is 23.2. The van der Waals surface area contributed by atoms with Gasteiger partial charge in [0.25, 0.3) is 5.91 Å². The molecule has 0 unspecified atom stereocenters. The molecule has 2 amide bonds. The van der Waals surface area contributed by atoms with E-state index in [0.717, 1.165) is 18.4 Å². The lowest BCUT2D eigenvalue weighted by Gasteiger charge is -2.26. The van der Waals surface area contributed by atoms with Gasteiger partial charge in [0.2, 0.25) is 5.95 Å². The standard InChI is InChI=1S/C25H32ClN5O4/c1-14(2)21-13-35-25(34)31(21)22-10-11-27-24(30-22)28-15(3)16-4-9-19(20(26)12-16)23(33)29-17-5-7-18(32)8-6-17/h4,9-12,14-15,17-18,21,32H,5-8,13H2,1-3H3,(H,29,33)(H,27,28,30)/t15-,17-,18-,21+/m0/s1. The number of carbonyl (C=O) groups excluding carboxylic acids is 2. The van der Waals surface area contributed by atoms with Crippen molar-refractivity contribution in [3.05, 3.63) is 46.6 Å². The lowest BCUT2D eigenvalue weighted by Crippen LogP contribution is -2.38. The summed E-state index contributed by atoms with van der Waals surface area (Å²) < 4.78 is 5.23. The Morgan fingerprint density at radius 1 is 1.20 bits per heavy atom. The molecule has 188 valence electrons. The van der Waals surface area contributed by atoms with Crippen LogP contribution < -0.4 is 15.5 Å². The summed E-state index contributed by atoms with van der Waals surface area (Å²) in [5.74, 6) is 0.858. The molecule has 1 aliphatic carbocycles. The number of anilines is 2. The Bertz CT molecular complexity index is 1070. The third-order valence-corrected chi connectivity index (χ3v) is 6.99. The minimum Gasteiger partial charge on any atom is -0.447 e. The number of nitrogens with zero attached hydrogens (tertiary/aromatic N) is 3. The number of hydrogen-bond acceptors (Lipinski definition) is 7. The fourth-order valence-electron chi connectivity index (χ4n) is 4.49. The monoisotopic (exact) mass is 501 g/mol. The molecule has 2 heterocycles. The Hall–Kier alpha value is -2.91. The van der Waals surface area contributed by atoms with Crippen LogP contribution in [0.1, 0.15) is 68.4 Å². The fraction of sp³-hybridized carbons (Fsp3) is 0.520. The summed E-state index contributed by atoms with van der Waals surface area (Å²) in [6.45, 7) is 6.35. The van der Waals surface area contributed by atoms with E-state index in [1.807, 2.05) is 26.8 Å². The Morgan fingerprint density at radius 2 is 1.94 bits per heavy atom. The van der Waals surface area contributed by atoms with Crippen LogP contribution in [-0.2, 0) is 4.74 Å². The molecule has 1 aliphatic heterocycles. The fourth-order valence-corrected chi connectivity index (χ4v) is 4.76. The maximum Gasteiger partial charge on any atom is 0.415 e. The van der Waals surface area contributed by atoms with Crippen molar-refractivity contribution in [3.8, 4) is 0 Å². The van der Waals surface area contributed by atoms with Gasteiger partial charge in [0.05, 0.1) is 28.8 Å². The second-order valence-corrected chi connectivity index (χ2v) is 9.99. The minimum atomic E-state index is -0.411. The summed E-state index contributed by atoms with van der Waals surface area (Å²) in [7, 11) is 0. The number of hydrogen-bond donors (Lipinski definition) is 3. The average molecular weight is 502 g/mol. The molecule has 0 bridgehead atoms. The first-order valence-electron chi connectivity index (χ1n) is 12.1. The molecule has 1 saturated heterocycles. The maximum atomic E-state index is 12.7. The largest absolute Gasteiger partial charge is 0.447 e. The van der Waals surface area contributed by atoms with Crippen LogP contribution in [0.2, 0.25) is 5.02 Å². The molecule has 10 heteroatoms. The molecule has 9 nitrogen and oxygen atoms in total. The van der Waals surface area contributed by atoms with Gasteiger partial charge in [0.15, 0.2) is 0 Å². The first-order valence-corrected chi connectivity index (χ1v) is 12.4. The van der Waals surface area contributed by atoms with Crippen molar-refractivity contribution in [1.82, 2.24) is 15.3 Å². The van der Waals surface area contributed by atoms with Crippen molar-refractivity contribution in [3.63, 3.8) is 0 Å². The van der Waals surface area contributed by atoms with Gasteiger partial charge in [-0.3, -0.25) is 9.69 Å². The van der Waals surface area contributed by atoms with Crippen LogP contribution in [-0.4, -0.2) is 51.9 Å². The number of cyclic esters (lactones) is 1.